The van der Waals surface area contributed by atoms with Crippen molar-refractivity contribution in [2.75, 3.05) is 6.54 Å². The van der Waals surface area contributed by atoms with Gasteiger partial charge in [-0.15, -0.1) is 0 Å². The minimum Gasteiger partial charge on any atom is -0.312 e. The maximum absolute atomic E-state index is 3.31. The minimum atomic E-state index is 1.00. The lowest BCUT2D eigenvalue weighted by Crippen LogP contribution is -2.22. The van der Waals surface area contributed by atoms with E-state index in [0.29, 0.717) is 0 Å². The Morgan fingerprint density at radius 3 is 3.40 bits per heavy atom. The van der Waals surface area contributed by atoms with Crippen molar-refractivity contribution >= 4 is 0 Å². The molecule has 1 N–H and O–H groups in total. The Balaban J connectivity index is 2.41. The zero-order valence-corrected chi connectivity index (χ0v) is 5.78. The maximum Gasteiger partial charge on any atom is 0.0214 e. The van der Waals surface area contributed by atoms with Crippen molar-refractivity contribution in [3.05, 3.63) is 35.4 Å². The third kappa shape index (κ3) is 0.872. The van der Waals surface area contributed by atoms with Gasteiger partial charge in [0.05, 0.1) is 0 Å². The predicted octanol–water partition coefficient (Wildman–Crippen LogP) is 0.933. The molecule has 2 rings (SSSR count). The molecule has 1 nitrogen and oxygen atoms in total. The van der Waals surface area contributed by atoms with Gasteiger partial charge in [-0.05, 0) is 24.1 Å². The van der Waals surface area contributed by atoms with Crippen LogP contribution in [0.1, 0.15) is 11.1 Å². The van der Waals surface area contributed by atoms with Gasteiger partial charge in [-0.1, -0.05) is 12.1 Å². The summed E-state index contributed by atoms with van der Waals surface area (Å²) in [6.07, 6.45) is 1.10. The molecule has 50 valence electrons. The highest BCUT2D eigenvalue weighted by Gasteiger charge is 2.05. The molecule has 0 spiro atoms. The zero-order valence-electron chi connectivity index (χ0n) is 5.78. The van der Waals surface area contributed by atoms with Crippen LogP contribution in [0.3, 0.4) is 0 Å². The van der Waals surface area contributed by atoms with Gasteiger partial charge in [0.1, 0.15) is 0 Å². The topological polar surface area (TPSA) is 12.0 Å². The van der Waals surface area contributed by atoms with Gasteiger partial charge in [0.15, 0.2) is 0 Å². The molecule has 0 saturated heterocycles. The summed E-state index contributed by atoms with van der Waals surface area (Å²) < 4.78 is 0. The van der Waals surface area contributed by atoms with Crippen molar-refractivity contribution in [1.29, 1.82) is 0 Å². The summed E-state index contributed by atoms with van der Waals surface area (Å²) in [5.74, 6) is 0. The van der Waals surface area contributed by atoms with Gasteiger partial charge in [-0.2, -0.15) is 0 Å². The van der Waals surface area contributed by atoms with Crippen molar-refractivity contribution in [2.24, 2.45) is 0 Å². The largest absolute Gasteiger partial charge is 0.312 e. The van der Waals surface area contributed by atoms with E-state index in [2.05, 4.69) is 23.5 Å². The first-order valence-electron chi connectivity index (χ1n) is 3.57. The average Bonchev–Trinajstić information content (AvgIpc) is 2.05. The molecule has 0 amide bonds. The molecule has 0 atom stereocenters. The van der Waals surface area contributed by atoms with Crippen molar-refractivity contribution in [3.8, 4) is 0 Å². The number of fused-ring (bicyclic) bond motifs is 1. The molecule has 1 heterocycles. The van der Waals surface area contributed by atoms with Crippen molar-refractivity contribution in [1.82, 2.24) is 5.32 Å². The van der Waals surface area contributed by atoms with E-state index in [9.17, 15) is 0 Å². The second-order valence-electron chi connectivity index (χ2n) is 2.53. The number of rotatable bonds is 0. The summed E-state index contributed by atoms with van der Waals surface area (Å²) in [5.41, 5.74) is 2.71. The fourth-order valence-corrected chi connectivity index (χ4v) is 1.28. The highest BCUT2D eigenvalue weighted by atomic mass is 14.9. The van der Waals surface area contributed by atoms with E-state index < -0.39 is 0 Å². The van der Waals surface area contributed by atoms with Crippen LogP contribution in [0.5, 0.6) is 0 Å². The SMILES string of the molecule is c1ccc2c(c#1)CCNC2. The molecular weight excluding hydrogens is 122 g/mol. The molecule has 1 heteroatoms. The third-order valence-corrected chi connectivity index (χ3v) is 1.85. The summed E-state index contributed by atoms with van der Waals surface area (Å²) in [5, 5.41) is 3.31. The predicted molar refractivity (Wildman–Crippen MR) is 39.5 cm³/mol. The van der Waals surface area contributed by atoms with Gasteiger partial charge in [0.25, 0.3) is 0 Å². The first-order valence-corrected chi connectivity index (χ1v) is 3.57. The van der Waals surface area contributed by atoms with Crippen LogP contribution < -0.4 is 5.32 Å². The van der Waals surface area contributed by atoms with Gasteiger partial charge in [-0.3, -0.25) is 0 Å². The summed E-state index contributed by atoms with van der Waals surface area (Å²) in [4.78, 5) is 0. The highest BCUT2D eigenvalue weighted by Crippen LogP contribution is 2.08. The fraction of sp³-hybridized carbons (Fsp3) is 0.333. The Morgan fingerprint density at radius 1 is 1.50 bits per heavy atom. The standard InChI is InChI=1S/C9H9N/c1-2-4-9-7-10-6-5-8(9)3-1/h2,4,10H,5-7H2. The van der Waals surface area contributed by atoms with Gasteiger partial charge in [0.2, 0.25) is 0 Å². The quantitative estimate of drug-likeness (QED) is 0.552. The average molecular weight is 131 g/mol. The van der Waals surface area contributed by atoms with Crippen LogP contribution >= 0.6 is 0 Å². The van der Waals surface area contributed by atoms with E-state index >= 15 is 0 Å². The molecule has 1 aromatic carbocycles. The molecule has 1 aliphatic rings. The van der Waals surface area contributed by atoms with Crippen LogP contribution in [0.15, 0.2) is 12.1 Å². The number of nitrogens with one attached hydrogen (secondary N) is 1. The second-order valence-corrected chi connectivity index (χ2v) is 2.53. The normalized spacial score (nSPS) is 15.6. The molecule has 1 aliphatic heterocycles. The van der Waals surface area contributed by atoms with Crippen molar-refractivity contribution in [3.63, 3.8) is 0 Å². The van der Waals surface area contributed by atoms with E-state index in [1.807, 2.05) is 6.07 Å². The Hall–Kier alpha value is -1.00. The van der Waals surface area contributed by atoms with Crippen LogP contribution in [0.25, 0.3) is 0 Å². The monoisotopic (exact) mass is 131 g/mol. The van der Waals surface area contributed by atoms with Crippen LogP contribution in [0.2, 0.25) is 0 Å². The minimum absolute atomic E-state index is 1.00. The Labute approximate surface area is 61.1 Å². The van der Waals surface area contributed by atoms with E-state index in [0.717, 1.165) is 19.5 Å². The van der Waals surface area contributed by atoms with Gasteiger partial charge >= 0.3 is 0 Å². The molecule has 0 bridgehead atoms. The van der Waals surface area contributed by atoms with Crippen LogP contribution in [0.4, 0.5) is 0 Å². The van der Waals surface area contributed by atoms with Crippen LogP contribution in [-0.2, 0) is 13.0 Å². The van der Waals surface area contributed by atoms with Gasteiger partial charge in [0, 0.05) is 18.7 Å². The molecule has 0 radical (unpaired) electrons. The number of hydrogen-bond acceptors (Lipinski definition) is 1. The smallest absolute Gasteiger partial charge is 0.0214 e. The Bertz CT molecular complexity index is 205. The molecular formula is C9H9N. The molecule has 0 fully saturated rings. The third-order valence-electron chi connectivity index (χ3n) is 1.85. The lowest BCUT2D eigenvalue weighted by molar-refractivity contribution is 0.644. The molecule has 0 aromatic heterocycles. The first-order chi connectivity index (χ1) is 4.97. The molecule has 10 heavy (non-hydrogen) atoms. The van der Waals surface area contributed by atoms with Gasteiger partial charge in [-0.25, -0.2) is 0 Å². The fourth-order valence-electron chi connectivity index (χ4n) is 1.28. The molecule has 1 aromatic rings. The maximum atomic E-state index is 3.31. The van der Waals surface area contributed by atoms with Crippen molar-refractivity contribution < 1.29 is 0 Å². The Morgan fingerprint density at radius 2 is 2.50 bits per heavy atom. The van der Waals surface area contributed by atoms with Gasteiger partial charge < -0.3 is 5.32 Å². The molecule has 0 unspecified atom stereocenters. The molecule has 0 saturated carbocycles. The van der Waals surface area contributed by atoms with E-state index in [1.54, 1.807) is 0 Å². The molecule has 0 aliphatic carbocycles. The summed E-state index contributed by atoms with van der Waals surface area (Å²) in [6.45, 7) is 2.09. The first kappa shape index (κ1) is 5.76. The lowest BCUT2D eigenvalue weighted by Gasteiger charge is -2.13. The van der Waals surface area contributed by atoms with Crippen LogP contribution in [0, 0.1) is 12.1 Å². The number of hydrogen-bond donors (Lipinski definition) is 1. The Kier molecular flexibility index (Phi) is 1.34. The summed E-state index contributed by atoms with van der Waals surface area (Å²) >= 11 is 0. The highest BCUT2D eigenvalue weighted by molar-refractivity contribution is 5.24. The second kappa shape index (κ2) is 2.32. The zero-order chi connectivity index (χ0) is 6.81. The van der Waals surface area contributed by atoms with Crippen LogP contribution in [-0.4, -0.2) is 6.54 Å². The summed E-state index contributed by atoms with van der Waals surface area (Å²) in [7, 11) is 0. The summed E-state index contributed by atoms with van der Waals surface area (Å²) in [6, 6.07) is 10.1. The van der Waals surface area contributed by atoms with Crippen molar-refractivity contribution in [2.45, 2.75) is 13.0 Å². The lowest BCUT2D eigenvalue weighted by atomic mass is 10.0. The van der Waals surface area contributed by atoms with E-state index in [-0.39, 0.29) is 0 Å². The van der Waals surface area contributed by atoms with E-state index in [1.165, 1.54) is 11.1 Å². The van der Waals surface area contributed by atoms with E-state index in [4.69, 9.17) is 0 Å².